The highest BCUT2D eigenvalue weighted by Gasteiger charge is 2.24. The Morgan fingerprint density at radius 1 is 1.29 bits per heavy atom. The summed E-state index contributed by atoms with van der Waals surface area (Å²) in [5.74, 6) is -0.00952. The number of aliphatic hydroxyl groups is 1. The van der Waals surface area contributed by atoms with Crippen LogP contribution in [0.1, 0.15) is 25.6 Å². The van der Waals surface area contributed by atoms with Gasteiger partial charge in [0.2, 0.25) is 0 Å². The zero-order valence-electron chi connectivity index (χ0n) is 13.6. The van der Waals surface area contributed by atoms with Crippen LogP contribution >= 0.6 is 0 Å². The van der Waals surface area contributed by atoms with E-state index in [9.17, 15) is 15.0 Å². The number of benzene rings is 1. The molecule has 0 amide bonds. The number of rotatable bonds is 6. The summed E-state index contributed by atoms with van der Waals surface area (Å²) in [7, 11) is 0. The van der Waals surface area contributed by atoms with Gasteiger partial charge in [0.25, 0.3) is 0 Å². The van der Waals surface area contributed by atoms with Crippen molar-refractivity contribution in [2.75, 3.05) is 18.4 Å². The molecule has 1 aliphatic rings. The summed E-state index contributed by atoms with van der Waals surface area (Å²) in [6.45, 7) is 4.15. The van der Waals surface area contributed by atoms with E-state index < -0.39 is 18.1 Å². The fourth-order valence-corrected chi connectivity index (χ4v) is 2.98. The number of para-hydroxylation sites is 1. The van der Waals surface area contributed by atoms with Crippen LogP contribution in [0.2, 0.25) is 0 Å². The lowest BCUT2D eigenvalue weighted by Crippen LogP contribution is -2.39. The minimum atomic E-state index is -1.12. The van der Waals surface area contributed by atoms with Gasteiger partial charge in [0.1, 0.15) is 11.6 Å². The fourth-order valence-electron chi connectivity index (χ4n) is 2.98. The standard InChI is InChI=1S/C17H22N4O3/c1-11(22)15(17(23)24)20-16-12-6-2-3-7-13(12)18-14(19-16)10-21-8-4-5-9-21/h2-3,6-7,11,15,22H,4-5,8-10H2,1H3,(H,23,24)(H,18,19,20). The van der Waals surface area contributed by atoms with E-state index in [-0.39, 0.29) is 0 Å². The summed E-state index contributed by atoms with van der Waals surface area (Å²) in [6, 6.07) is 6.35. The van der Waals surface area contributed by atoms with Crippen LogP contribution in [-0.2, 0) is 11.3 Å². The van der Waals surface area contributed by atoms with E-state index in [0.717, 1.165) is 24.0 Å². The van der Waals surface area contributed by atoms with Gasteiger partial charge in [-0.25, -0.2) is 14.8 Å². The Morgan fingerprint density at radius 2 is 2.00 bits per heavy atom. The van der Waals surface area contributed by atoms with Gasteiger partial charge < -0.3 is 15.5 Å². The number of aliphatic hydroxyl groups excluding tert-OH is 1. The molecule has 7 nitrogen and oxygen atoms in total. The van der Waals surface area contributed by atoms with Crippen molar-refractivity contribution in [3.8, 4) is 0 Å². The summed E-state index contributed by atoms with van der Waals surface area (Å²) in [5, 5.41) is 22.6. The van der Waals surface area contributed by atoms with E-state index in [1.165, 1.54) is 19.8 Å². The first kappa shape index (κ1) is 16.6. The highest BCUT2D eigenvalue weighted by Crippen LogP contribution is 2.22. The first-order valence-electron chi connectivity index (χ1n) is 8.20. The zero-order chi connectivity index (χ0) is 17.1. The molecule has 1 aliphatic heterocycles. The monoisotopic (exact) mass is 330 g/mol. The average Bonchev–Trinajstić information content (AvgIpc) is 3.04. The number of carboxylic acid groups (broad SMARTS) is 1. The molecule has 0 saturated carbocycles. The van der Waals surface area contributed by atoms with Gasteiger partial charge in [0.15, 0.2) is 6.04 Å². The predicted molar refractivity (Wildman–Crippen MR) is 90.8 cm³/mol. The van der Waals surface area contributed by atoms with Gasteiger partial charge in [0, 0.05) is 5.39 Å². The second kappa shape index (κ2) is 7.11. The summed E-state index contributed by atoms with van der Waals surface area (Å²) < 4.78 is 0. The second-order valence-corrected chi connectivity index (χ2v) is 6.19. The number of carboxylic acids is 1. The van der Waals surface area contributed by atoms with E-state index in [0.29, 0.717) is 18.2 Å². The van der Waals surface area contributed by atoms with E-state index in [4.69, 9.17) is 0 Å². The topological polar surface area (TPSA) is 98.6 Å². The van der Waals surface area contributed by atoms with Crippen LogP contribution in [0.3, 0.4) is 0 Å². The number of nitrogens with one attached hydrogen (secondary N) is 1. The first-order chi connectivity index (χ1) is 11.5. The van der Waals surface area contributed by atoms with Gasteiger partial charge >= 0.3 is 5.97 Å². The fraction of sp³-hybridized carbons (Fsp3) is 0.471. The van der Waals surface area contributed by atoms with E-state index >= 15 is 0 Å². The molecule has 0 spiro atoms. The molecule has 2 unspecified atom stereocenters. The smallest absolute Gasteiger partial charge is 0.328 e. The van der Waals surface area contributed by atoms with Crippen molar-refractivity contribution in [1.82, 2.24) is 14.9 Å². The number of aliphatic carboxylic acids is 1. The third-order valence-corrected chi connectivity index (χ3v) is 4.25. The Labute approximate surface area is 140 Å². The summed E-state index contributed by atoms with van der Waals surface area (Å²) in [5.41, 5.74) is 0.763. The lowest BCUT2D eigenvalue weighted by atomic mass is 10.1. The van der Waals surface area contributed by atoms with Crippen molar-refractivity contribution in [2.24, 2.45) is 0 Å². The summed E-state index contributed by atoms with van der Waals surface area (Å²) >= 11 is 0. The minimum absolute atomic E-state index is 0.447. The maximum atomic E-state index is 11.4. The van der Waals surface area contributed by atoms with Gasteiger partial charge in [0.05, 0.1) is 18.2 Å². The molecule has 1 saturated heterocycles. The SMILES string of the molecule is CC(O)C(Nc1nc(CN2CCCC2)nc2ccccc12)C(=O)O. The van der Waals surface area contributed by atoms with E-state index in [1.54, 1.807) is 0 Å². The molecule has 7 heteroatoms. The first-order valence-corrected chi connectivity index (χ1v) is 8.20. The summed E-state index contributed by atoms with van der Waals surface area (Å²) in [4.78, 5) is 22.8. The van der Waals surface area contributed by atoms with Crippen LogP contribution in [0.15, 0.2) is 24.3 Å². The van der Waals surface area contributed by atoms with Gasteiger partial charge in [-0.2, -0.15) is 0 Å². The quantitative estimate of drug-likeness (QED) is 0.737. The molecule has 2 heterocycles. The molecule has 3 rings (SSSR count). The van der Waals surface area contributed by atoms with Gasteiger partial charge in [-0.1, -0.05) is 12.1 Å². The zero-order valence-corrected chi connectivity index (χ0v) is 13.6. The van der Waals surface area contributed by atoms with Crippen molar-refractivity contribution in [2.45, 2.75) is 38.5 Å². The molecule has 2 aromatic rings. The van der Waals surface area contributed by atoms with Crippen LogP contribution in [0.5, 0.6) is 0 Å². The lowest BCUT2D eigenvalue weighted by molar-refractivity contribution is -0.140. The minimum Gasteiger partial charge on any atom is -0.480 e. The average molecular weight is 330 g/mol. The number of nitrogens with zero attached hydrogens (tertiary/aromatic N) is 3. The molecule has 3 N–H and O–H groups in total. The summed E-state index contributed by atoms with van der Waals surface area (Å²) in [6.07, 6.45) is 1.32. The number of hydrogen-bond donors (Lipinski definition) is 3. The molecule has 0 aliphatic carbocycles. The number of likely N-dealkylation sites (tertiary alicyclic amines) is 1. The van der Waals surface area contributed by atoms with Crippen molar-refractivity contribution in [1.29, 1.82) is 0 Å². The Balaban J connectivity index is 1.95. The molecule has 24 heavy (non-hydrogen) atoms. The predicted octanol–water partition coefficient (Wildman–Crippen LogP) is 1.47. The number of anilines is 1. The molecular formula is C17H22N4O3. The molecule has 128 valence electrons. The van der Waals surface area contributed by atoms with Crippen LogP contribution in [0.4, 0.5) is 5.82 Å². The van der Waals surface area contributed by atoms with Crippen LogP contribution in [-0.4, -0.2) is 56.3 Å². The third-order valence-electron chi connectivity index (χ3n) is 4.25. The van der Waals surface area contributed by atoms with Crippen molar-refractivity contribution < 1.29 is 15.0 Å². The number of carbonyl (C=O) groups is 1. The highest BCUT2D eigenvalue weighted by atomic mass is 16.4. The maximum absolute atomic E-state index is 11.4. The Bertz CT molecular complexity index is 729. The van der Waals surface area contributed by atoms with Crippen LogP contribution in [0.25, 0.3) is 10.9 Å². The molecule has 2 atom stereocenters. The molecular weight excluding hydrogens is 308 g/mol. The molecule has 1 aromatic heterocycles. The van der Waals surface area contributed by atoms with Crippen LogP contribution in [0, 0.1) is 0 Å². The van der Waals surface area contributed by atoms with Crippen LogP contribution < -0.4 is 5.32 Å². The van der Waals surface area contributed by atoms with Gasteiger partial charge in [-0.15, -0.1) is 0 Å². The number of hydrogen-bond acceptors (Lipinski definition) is 6. The number of aromatic nitrogens is 2. The van der Waals surface area contributed by atoms with Crippen molar-refractivity contribution in [3.05, 3.63) is 30.1 Å². The second-order valence-electron chi connectivity index (χ2n) is 6.19. The Morgan fingerprint density at radius 3 is 2.67 bits per heavy atom. The maximum Gasteiger partial charge on any atom is 0.328 e. The molecule has 1 fully saturated rings. The van der Waals surface area contributed by atoms with Gasteiger partial charge in [-0.05, 0) is 45.0 Å². The molecule has 0 bridgehead atoms. The number of fused-ring (bicyclic) bond motifs is 1. The third kappa shape index (κ3) is 3.63. The van der Waals surface area contributed by atoms with E-state index in [2.05, 4.69) is 20.2 Å². The Kier molecular flexibility index (Phi) is 4.92. The normalized spacial score (nSPS) is 17.8. The lowest BCUT2D eigenvalue weighted by Gasteiger charge is -2.20. The highest BCUT2D eigenvalue weighted by molar-refractivity contribution is 5.91. The van der Waals surface area contributed by atoms with Crippen molar-refractivity contribution in [3.63, 3.8) is 0 Å². The van der Waals surface area contributed by atoms with Crippen molar-refractivity contribution >= 4 is 22.7 Å². The van der Waals surface area contributed by atoms with E-state index in [1.807, 2.05) is 24.3 Å². The van der Waals surface area contributed by atoms with Gasteiger partial charge in [-0.3, -0.25) is 4.90 Å². The largest absolute Gasteiger partial charge is 0.480 e. The molecule has 0 radical (unpaired) electrons. The molecule has 1 aromatic carbocycles. The Hall–Kier alpha value is -2.25.